The molecule has 0 saturated carbocycles. The van der Waals surface area contributed by atoms with Crippen LogP contribution < -0.4 is 4.90 Å². The SMILES string of the molecule is Cc1cccc(N(C)CCC2CCN(C(=O)c3ccccc3)CC2)c1. The van der Waals surface area contributed by atoms with E-state index in [4.69, 9.17) is 0 Å². The van der Waals surface area contributed by atoms with E-state index in [0.717, 1.165) is 38.0 Å². The molecule has 1 heterocycles. The number of hydrogen-bond donors (Lipinski definition) is 0. The van der Waals surface area contributed by atoms with Crippen LogP contribution in [0, 0.1) is 12.8 Å². The van der Waals surface area contributed by atoms with E-state index in [1.165, 1.54) is 17.7 Å². The second-order valence-corrected chi connectivity index (χ2v) is 7.15. The van der Waals surface area contributed by atoms with Crippen LogP contribution in [0.15, 0.2) is 54.6 Å². The van der Waals surface area contributed by atoms with Crippen molar-refractivity contribution in [3.8, 4) is 0 Å². The number of carbonyl (C=O) groups excluding carboxylic acids is 1. The Morgan fingerprint density at radius 1 is 1.08 bits per heavy atom. The molecule has 0 radical (unpaired) electrons. The molecule has 3 heteroatoms. The van der Waals surface area contributed by atoms with Gasteiger partial charge in [-0.2, -0.15) is 0 Å². The van der Waals surface area contributed by atoms with Crippen molar-refractivity contribution in [1.82, 2.24) is 4.90 Å². The summed E-state index contributed by atoms with van der Waals surface area (Å²) in [6.07, 6.45) is 3.41. The average molecular weight is 336 g/mol. The minimum absolute atomic E-state index is 0.177. The molecule has 0 aliphatic carbocycles. The fourth-order valence-corrected chi connectivity index (χ4v) is 3.56. The van der Waals surface area contributed by atoms with Gasteiger partial charge < -0.3 is 9.80 Å². The Hall–Kier alpha value is -2.29. The summed E-state index contributed by atoms with van der Waals surface area (Å²) in [6.45, 7) is 4.97. The van der Waals surface area contributed by atoms with E-state index < -0.39 is 0 Å². The predicted molar refractivity (Wildman–Crippen MR) is 104 cm³/mol. The molecule has 0 spiro atoms. The lowest BCUT2D eigenvalue weighted by molar-refractivity contribution is 0.0687. The zero-order valence-corrected chi connectivity index (χ0v) is 15.3. The van der Waals surface area contributed by atoms with Gasteiger partial charge in [-0.25, -0.2) is 0 Å². The second kappa shape index (κ2) is 8.19. The summed E-state index contributed by atoms with van der Waals surface area (Å²) < 4.78 is 0. The molecule has 0 N–H and O–H groups in total. The van der Waals surface area contributed by atoms with Gasteiger partial charge in [-0.15, -0.1) is 0 Å². The first-order valence-electron chi connectivity index (χ1n) is 9.25. The first-order chi connectivity index (χ1) is 12.1. The highest BCUT2D eigenvalue weighted by Gasteiger charge is 2.23. The second-order valence-electron chi connectivity index (χ2n) is 7.15. The summed E-state index contributed by atoms with van der Waals surface area (Å²) in [5.74, 6) is 0.892. The van der Waals surface area contributed by atoms with E-state index in [9.17, 15) is 4.79 Å². The van der Waals surface area contributed by atoms with Gasteiger partial charge in [0.05, 0.1) is 0 Å². The lowest BCUT2D eigenvalue weighted by Gasteiger charge is -2.33. The number of nitrogens with zero attached hydrogens (tertiary/aromatic N) is 2. The van der Waals surface area contributed by atoms with E-state index in [-0.39, 0.29) is 5.91 Å². The number of carbonyl (C=O) groups is 1. The number of likely N-dealkylation sites (tertiary alicyclic amines) is 1. The number of aryl methyl sites for hydroxylation is 1. The smallest absolute Gasteiger partial charge is 0.253 e. The number of hydrogen-bond acceptors (Lipinski definition) is 2. The fourth-order valence-electron chi connectivity index (χ4n) is 3.56. The molecule has 1 fully saturated rings. The van der Waals surface area contributed by atoms with Gasteiger partial charge in [0.25, 0.3) is 5.91 Å². The molecule has 25 heavy (non-hydrogen) atoms. The van der Waals surface area contributed by atoms with E-state index in [1.807, 2.05) is 35.2 Å². The molecular formula is C22H28N2O. The largest absolute Gasteiger partial charge is 0.375 e. The Morgan fingerprint density at radius 2 is 1.80 bits per heavy atom. The number of anilines is 1. The topological polar surface area (TPSA) is 23.6 Å². The molecule has 1 aliphatic rings. The van der Waals surface area contributed by atoms with Crippen LogP contribution in [0.4, 0.5) is 5.69 Å². The molecular weight excluding hydrogens is 308 g/mol. The van der Waals surface area contributed by atoms with Gasteiger partial charge in [-0.3, -0.25) is 4.79 Å². The van der Waals surface area contributed by atoms with Gasteiger partial charge in [0, 0.05) is 37.9 Å². The van der Waals surface area contributed by atoms with Crippen molar-refractivity contribution in [2.75, 3.05) is 31.6 Å². The van der Waals surface area contributed by atoms with Crippen molar-refractivity contribution in [3.63, 3.8) is 0 Å². The molecule has 2 aromatic rings. The van der Waals surface area contributed by atoms with Gasteiger partial charge in [-0.1, -0.05) is 30.3 Å². The lowest BCUT2D eigenvalue weighted by atomic mass is 9.93. The molecule has 1 amide bonds. The Bertz CT molecular complexity index is 690. The summed E-state index contributed by atoms with van der Waals surface area (Å²) in [6, 6.07) is 18.3. The molecule has 0 unspecified atom stereocenters. The first kappa shape index (κ1) is 17.5. The normalized spacial score (nSPS) is 15.2. The van der Waals surface area contributed by atoms with Gasteiger partial charge >= 0.3 is 0 Å². The lowest BCUT2D eigenvalue weighted by Crippen LogP contribution is -2.39. The number of amides is 1. The average Bonchev–Trinajstić information content (AvgIpc) is 2.66. The minimum atomic E-state index is 0.177. The van der Waals surface area contributed by atoms with Gasteiger partial charge in [-0.05, 0) is 61.9 Å². The van der Waals surface area contributed by atoms with Crippen LogP contribution in [0.2, 0.25) is 0 Å². The quantitative estimate of drug-likeness (QED) is 0.809. The molecule has 3 nitrogen and oxygen atoms in total. The monoisotopic (exact) mass is 336 g/mol. The number of rotatable bonds is 5. The van der Waals surface area contributed by atoms with Gasteiger partial charge in [0.1, 0.15) is 0 Å². The zero-order valence-electron chi connectivity index (χ0n) is 15.3. The third-order valence-corrected chi connectivity index (χ3v) is 5.24. The Balaban J connectivity index is 1.46. The maximum absolute atomic E-state index is 12.5. The zero-order chi connectivity index (χ0) is 17.6. The van der Waals surface area contributed by atoms with E-state index in [1.54, 1.807) is 0 Å². The highest BCUT2D eigenvalue weighted by atomic mass is 16.2. The molecule has 132 valence electrons. The van der Waals surface area contributed by atoms with Crippen molar-refractivity contribution < 1.29 is 4.79 Å². The van der Waals surface area contributed by atoms with Crippen LogP contribution in [0.25, 0.3) is 0 Å². The fraction of sp³-hybridized carbons (Fsp3) is 0.409. The molecule has 3 rings (SSSR count). The van der Waals surface area contributed by atoms with Crippen molar-refractivity contribution in [2.24, 2.45) is 5.92 Å². The summed E-state index contributed by atoms with van der Waals surface area (Å²) in [4.78, 5) is 16.9. The maximum Gasteiger partial charge on any atom is 0.253 e. The van der Waals surface area contributed by atoms with Crippen LogP contribution in [-0.4, -0.2) is 37.5 Å². The molecule has 1 aliphatic heterocycles. The van der Waals surface area contributed by atoms with Crippen molar-refractivity contribution in [2.45, 2.75) is 26.2 Å². The Labute approximate surface area is 151 Å². The van der Waals surface area contributed by atoms with Crippen molar-refractivity contribution in [3.05, 3.63) is 65.7 Å². The van der Waals surface area contributed by atoms with Crippen LogP contribution in [0.1, 0.15) is 35.2 Å². The third kappa shape index (κ3) is 4.62. The van der Waals surface area contributed by atoms with E-state index in [0.29, 0.717) is 5.92 Å². The maximum atomic E-state index is 12.5. The molecule has 1 saturated heterocycles. The molecule has 0 atom stereocenters. The molecule has 0 bridgehead atoms. The Morgan fingerprint density at radius 3 is 2.48 bits per heavy atom. The summed E-state index contributed by atoms with van der Waals surface area (Å²) in [5.41, 5.74) is 3.40. The predicted octanol–water partition coefficient (Wildman–Crippen LogP) is 4.37. The number of benzene rings is 2. The Kier molecular flexibility index (Phi) is 5.75. The van der Waals surface area contributed by atoms with Crippen LogP contribution in [0.3, 0.4) is 0 Å². The minimum Gasteiger partial charge on any atom is -0.375 e. The van der Waals surface area contributed by atoms with Crippen molar-refractivity contribution in [1.29, 1.82) is 0 Å². The van der Waals surface area contributed by atoms with Crippen molar-refractivity contribution >= 4 is 11.6 Å². The number of piperidine rings is 1. The van der Waals surface area contributed by atoms with E-state index in [2.05, 4.69) is 43.1 Å². The first-order valence-corrected chi connectivity index (χ1v) is 9.25. The highest BCUT2D eigenvalue weighted by molar-refractivity contribution is 5.94. The highest BCUT2D eigenvalue weighted by Crippen LogP contribution is 2.23. The van der Waals surface area contributed by atoms with Crippen LogP contribution in [0.5, 0.6) is 0 Å². The summed E-state index contributed by atoms with van der Waals surface area (Å²) >= 11 is 0. The summed E-state index contributed by atoms with van der Waals surface area (Å²) in [5, 5.41) is 0. The standard InChI is InChI=1S/C22H28N2O/c1-18-7-6-10-21(17-18)23(2)14-11-19-12-15-24(16-13-19)22(25)20-8-4-3-5-9-20/h3-10,17,19H,11-16H2,1-2H3. The van der Waals surface area contributed by atoms with Gasteiger partial charge in [0.15, 0.2) is 0 Å². The van der Waals surface area contributed by atoms with Crippen LogP contribution >= 0.6 is 0 Å². The third-order valence-electron chi connectivity index (χ3n) is 5.24. The summed E-state index contributed by atoms with van der Waals surface area (Å²) in [7, 11) is 2.17. The molecule has 0 aromatic heterocycles. The van der Waals surface area contributed by atoms with Gasteiger partial charge in [0.2, 0.25) is 0 Å². The van der Waals surface area contributed by atoms with Crippen LogP contribution in [-0.2, 0) is 0 Å². The van der Waals surface area contributed by atoms with E-state index >= 15 is 0 Å². The molecule has 2 aromatic carbocycles.